The van der Waals surface area contributed by atoms with E-state index in [2.05, 4.69) is 20.2 Å². The highest BCUT2D eigenvalue weighted by Crippen LogP contribution is 2.19. The third-order valence-electron chi connectivity index (χ3n) is 4.01. The standard InChI is InChI=1S/C18H22N4O2/c1-14(24-15-8-4-2-5-9-15)18(23)21-16-12-17(20-13-19-16)22-10-6-3-7-11-22/h2,4-5,8-9,12-14H,3,6-7,10-11H2,1H3,(H,19,20,21,23)/t14-/m1/s1. The molecule has 3 rings (SSSR count). The zero-order valence-electron chi connectivity index (χ0n) is 13.8. The SMILES string of the molecule is C[C@@H](Oc1ccccc1)C(=O)Nc1cc(N2CCCCC2)ncn1. The fourth-order valence-electron chi connectivity index (χ4n) is 2.70. The molecule has 1 saturated heterocycles. The number of nitrogens with zero attached hydrogens (tertiary/aromatic N) is 3. The van der Waals surface area contributed by atoms with E-state index in [1.54, 1.807) is 6.92 Å². The maximum absolute atomic E-state index is 12.3. The summed E-state index contributed by atoms with van der Waals surface area (Å²) in [7, 11) is 0. The first-order valence-electron chi connectivity index (χ1n) is 8.32. The van der Waals surface area contributed by atoms with E-state index in [-0.39, 0.29) is 5.91 Å². The number of carbonyl (C=O) groups excluding carboxylic acids is 1. The third-order valence-corrected chi connectivity index (χ3v) is 4.01. The number of anilines is 2. The molecular formula is C18H22N4O2. The lowest BCUT2D eigenvalue weighted by Gasteiger charge is -2.27. The van der Waals surface area contributed by atoms with E-state index < -0.39 is 6.10 Å². The van der Waals surface area contributed by atoms with Crippen LogP contribution in [0.4, 0.5) is 11.6 Å². The molecule has 0 saturated carbocycles. The molecule has 0 radical (unpaired) electrons. The zero-order chi connectivity index (χ0) is 16.8. The highest BCUT2D eigenvalue weighted by atomic mass is 16.5. The van der Waals surface area contributed by atoms with E-state index in [1.165, 1.54) is 25.6 Å². The first kappa shape index (κ1) is 16.2. The number of ether oxygens (including phenoxy) is 1. The van der Waals surface area contributed by atoms with Crippen LogP contribution >= 0.6 is 0 Å². The lowest BCUT2D eigenvalue weighted by molar-refractivity contribution is -0.122. The van der Waals surface area contributed by atoms with Gasteiger partial charge in [-0.1, -0.05) is 18.2 Å². The molecule has 2 heterocycles. The normalized spacial score (nSPS) is 15.6. The van der Waals surface area contributed by atoms with Crippen LogP contribution in [0.15, 0.2) is 42.7 Å². The summed E-state index contributed by atoms with van der Waals surface area (Å²) >= 11 is 0. The van der Waals surface area contributed by atoms with Crippen molar-refractivity contribution in [2.75, 3.05) is 23.3 Å². The molecule has 0 spiro atoms. The lowest BCUT2D eigenvalue weighted by Crippen LogP contribution is -2.32. The Bertz CT molecular complexity index is 672. The maximum atomic E-state index is 12.3. The van der Waals surface area contributed by atoms with Gasteiger partial charge in [0.2, 0.25) is 0 Å². The maximum Gasteiger partial charge on any atom is 0.266 e. The van der Waals surface area contributed by atoms with Crippen LogP contribution in [-0.4, -0.2) is 35.1 Å². The van der Waals surface area contributed by atoms with Crippen LogP contribution in [0.25, 0.3) is 0 Å². The molecule has 1 atom stereocenters. The molecule has 2 aromatic rings. The van der Waals surface area contributed by atoms with Gasteiger partial charge in [0.15, 0.2) is 6.10 Å². The number of para-hydroxylation sites is 1. The molecular weight excluding hydrogens is 304 g/mol. The topological polar surface area (TPSA) is 67.3 Å². The molecule has 6 nitrogen and oxygen atoms in total. The summed E-state index contributed by atoms with van der Waals surface area (Å²) in [6.45, 7) is 3.71. The first-order valence-corrected chi connectivity index (χ1v) is 8.32. The van der Waals surface area contributed by atoms with Crippen molar-refractivity contribution in [1.82, 2.24) is 9.97 Å². The van der Waals surface area contributed by atoms with Gasteiger partial charge in [-0.15, -0.1) is 0 Å². The van der Waals surface area contributed by atoms with Crippen molar-refractivity contribution in [2.24, 2.45) is 0 Å². The van der Waals surface area contributed by atoms with Crippen molar-refractivity contribution >= 4 is 17.5 Å². The Morgan fingerprint density at radius 3 is 2.67 bits per heavy atom. The molecule has 1 fully saturated rings. The molecule has 24 heavy (non-hydrogen) atoms. The van der Waals surface area contributed by atoms with Crippen LogP contribution < -0.4 is 15.0 Å². The van der Waals surface area contributed by atoms with Crippen LogP contribution in [0.2, 0.25) is 0 Å². The molecule has 1 N–H and O–H groups in total. The summed E-state index contributed by atoms with van der Waals surface area (Å²) in [5, 5.41) is 2.80. The van der Waals surface area contributed by atoms with Gasteiger partial charge in [0.25, 0.3) is 5.91 Å². The summed E-state index contributed by atoms with van der Waals surface area (Å²) in [4.78, 5) is 23.0. The van der Waals surface area contributed by atoms with Crippen LogP contribution in [0.5, 0.6) is 5.75 Å². The number of amides is 1. The Balaban J connectivity index is 1.61. The second-order valence-corrected chi connectivity index (χ2v) is 5.87. The van der Waals surface area contributed by atoms with Crippen LogP contribution in [-0.2, 0) is 4.79 Å². The average Bonchev–Trinajstić information content (AvgIpc) is 2.63. The van der Waals surface area contributed by atoms with Crippen LogP contribution in [0.1, 0.15) is 26.2 Å². The van der Waals surface area contributed by atoms with Gasteiger partial charge in [-0.05, 0) is 38.3 Å². The van der Waals surface area contributed by atoms with E-state index in [0.29, 0.717) is 11.6 Å². The Labute approximate surface area is 141 Å². The molecule has 126 valence electrons. The Morgan fingerprint density at radius 1 is 1.17 bits per heavy atom. The molecule has 0 unspecified atom stereocenters. The van der Waals surface area contributed by atoms with E-state index in [4.69, 9.17) is 4.74 Å². The van der Waals surface area contributed by atoms with Crippen molar-refractivity contribution in [2.45, 2.75) is 32.3 Å². The summed E-state index contributed by atoms with van der Waals surface area (Å²) in [5.41, 5.74) is 0. The number of rotatable bonds is 5. The number of hydrogen-bond acceptors (Lipinski definition) is 5. The molecule has 0 bridgehead atoms. The van der Waals surface area contributed by atoms with E-state index in [1.807, 2.05) is 36.4 Å². The van der Waals surface area contributed by atoms with Gasteiger partial charge in [-0.3, -0.25) is 4.79 Å². The molecule has 1 aromatic heterocycles. The molecule has 1 aromatic carbocycles. The Kier molecular flexibility index (Phi) is 5.25. The lowest BCUT2D eigenvalue weighted by atomic mass is 10.1. The van der Waals surface area contributed by atoms with Gasteiger partial charge in [0, 0.05) is 19.2 Å². The van der Waals surface area contributed by atoms with Gasteiger partial charge in [-0.25, -0.2) is 9.97 Å². The second kappa shape index (κ2) is 7.77. The van der Waals surface area contributed by atoms with Crippen LogP contribution in [0.3, 0.4) is 0 Å². The van der Waals surface area contributed by atoms with Crippen molar-refractivity contribution in [3.63, 3.8) is 0 Å². The largest absolute Gasteiger partial charge is 0.481 e. The van der Waals surface area contributed by atoms with Gasteiger partial charge >= 0.3 is 0 Å². The zero-order valence-corrected chi connectivity index (χ0v) is 13.8. The first-order chi connectivity index (χ1) is 11.7. The quantitative estimate of drug-likeness (QED) is 0.915. The molecule has 6 heteroatoms. The van der Waals surface area contributed by atoms with Gasteiger partial charge in [-0.2, -0.15) is 0 Å². The summed E-state index contributed by atoms with van der Waals surface area (Å²) in [6, 6.07) is 11.1. The van der Waals surface area contributed by atoms with Gasteiger partial charge in [0.05, 0.1) is 0 Å². The smallest absolute Gasteiger partial charge is 0.266 e. The molecule has 0 aliphatic carbocycles. The minimum Gasteiger partial charge on any atom is -0.481 e. The van der Waals surface area contributed by atoms with E-state index in [0.717, 1.165) is 18.9 Å². The third kappa shape index (κ3) is 4.22. The van der Waals surface area contributed by atoms with Crippen LogP contribution in [0, 0.1) is 0 Å². The van der Waals surface area contributed by atoms with Gasteiger partial charge < -0.3 is 15.0 Å². The summed E-state index contributed by atoms with van der Waals surface area (Å²) in [5.74, 6) is 1.79. The summed E-state index contributed by atoms with van der Waals surface area (Å²) < 4.78 is 5.63. The van der Waals surface area contributed by atoms with Crippen molar-refractivity contribution < 1.29 is 9.53 Å². The fourth-order valence-corrected chi connectivity index (χ4v) is 2.70. The summed E-state index contributed by atoms with van der Waals surface area (Å²) in [6.07, 6.45) is 4.49. The predicted molar refractivity (Wildman–Crippen MR) is 93.3 cm³/mol. The van der Waals surface area contributed by atoms with E-state index >= 15 is 0 Å². The van der Waals surface area contributed by atoms with Gasteiger partial charge in [0.1, 0.15) is 23.7 Å². The number of aromatic nitrogens is 2. The van der Waals surface area contributed by atoms with E-state index in [9.17, 15) is 4.79 Å². The monoisotopic (exact) mass is 326 g/mol. The number of carbonyl (C=O) groups is 1. The highest BCUT2D eigenvalue weighted by Gasteiger charge is 2.17. The van der Waals surface area contributed by atoms with Crippen molar-refractivity contribution in [1.29, 1.82) is 0 Å². The van der Waals surface area contributed by atoms with Crippen molar-refractivity contribution in [3.05, 3.63) is 42.7 Å². The molecule has 1 aliphatic heterocycles. The fraction of sp³-hybridized carbons (Fsp3) is 0.389. The highest BCUT2D eigenvalue weighted by molar-refractivity contribution is 5.93. The average molecular weight is 326 g/mol. The number of benzene rings is 1. The molecule has 1 aliphatic rings. The second-order valence-electron chi connectivity index (χ2n) is 5.87. The minimum absolute atomic E-state index is 0.234. The number of piperidine rings is 1. The number of nitrogens with one attached hydrogen (secondary N) is 1. The minimum atomic E-state index is -0.610. The Hall–Kier alpha value is -2.63. The number of hydrogen-bond donors (Lipinski definition) is 1. The molecule has 1 amide bonds. The van der Waals surface area contributed by atoms with Crippen molar-refractivity contribution in [3.8, 4) is 5.75 Å². The predicted octanol–water partition coefficient (Wildman–Crippen LogP) is 2.87. The Morgan fingerprint density at radius 2 is 1.92 bits per heavy atom.